The van der Waals surface area contributed by atoms with Crippen molar-refractivity contribution in [2.45, 2.75) is 6.61 Å². The average Bonchev–Trinajstić information content (AvgIpc) is 3.10. The third kappa shape index (κ3) is 4.10. The van der Waals surface area contributed by atoms with E-state index in [-0.39, 0.29) is 11.5 Å². The van der Waals surface area contributed by atoms with Gasteiger partial charge in [0.1, 0.15) is 16.9 Å². The molecule has 0 unspecified atom stereocenters. The number of alkyl halides is 2. The van der Waals surface area contributed by atoms with Gasteiger partial charge < -0.3 is 18.6 Å². The Bertz CT molecular complexity index is 1240. The molecule has 0 fully saturated rings. The van der Waals surface area contributed by atoms with Gasteiger partial charge in [-0.3, -0.25) is 0 Å². The molecule has 5 nitrogen and oxygen atoms in total. The number of esters is 1. The number of hydrogen-bond acceptors (Lipinski definition) is 5. The Morgan fingerprint density at radius 2 is 1.77 bits per heavy atom. The van der Waals surface area contributed by atoms with E-state index in [1.807, 2.05) is 24.3 Å². The number of methoxy groups -OCH3 is 1. The van der Waals surface area contributed by atoms with Crippen molar-refractivity contribution in [3.63, 3.8) is 0 Å². The quantitative estimate of drug-likeness (QED) is 0.228. The van der Waals surface area contributed by atoms with Crippen LogP contribution in [0.15, 0.2) is 71.2 Å². The normalized spacial score (nSPS) is 11.5. The van der Waals surface area contributed by atoms with Crippen LogP contribution in [0.4, 0.5) is 8.78 Å². The molecule has 152 valence electrons. The first-order chi connectivity index (χ1) is 14.5. The molecule has 0 aliphatic heterocycles. The molecule has 0 N–H and O–H groups in total. The molecule has 30 heavy (non-hydrogen) atoms. The number of rotatable bonds is 6. The molecule has 1 heterocycles. The first kappa shape index (κ1) is 19.4. The van der Waals surface area contributed by atoms with Crippen molar-refractivity contribution in [1.82, 2.24) is 0 Å². The van der Waals surface area contributed by atoms with Crippen LogP contribution in [0.2, 0.25) is 0 Å². The molecule has 0 amide bonds. The summed E-state index contributed by atoms with van der Waals surface area (Å²) in [6.07, 6.45) is 2.73. The first-order valence-electron chi connectivity index (χ1n) is 8.97. The molecule has 1 aromatic heterocycles. The van der Waals surface area contributed by atoms with Gasteiger partial charge in [-0.05, 0) is 48.0 Å². The highest BCUT2D eigenvalue weighted by Gasteiger charge is 2.11. The molecular formula is C23H16F2O5. The smallest absolute Gasteiger partial charge is 0.387 e. The monoisotopic (exact) mass is 410 g/mol. The third-order valence-electron chi connectivity index (χ3n) is 4.38. The van der Waals surface area contributed by atoms with Crippen LogP contribution in [0.5, 0.6) is 17.2 Å². The molecule has 4 rings (SSSR count). The Morgan fingerprint density at radius 3 is 2.57 bits per heavy atom. The molecule has 0 atom stereocenters. The van der Waals surface area contributed by atoms with Crippen molar-refractivity contribution < 1.29 is 32.2 Å². The van der Waals surface area contributed by atoms with E-state index in [1.54, 1.807) is 18.2 Å². The lowest BCUT2D eigenvalue weighted by atomic mass is 10.1. The van der Waals surface area contributed by atoms with E-state index in [4.69, 9.17) is 13.9 Å². The highest BCUT2D eigenvalue weighted by Crippen LogP contribution is 2.32. The lowest BCUT2D eigenvalue weighted by Gasteiger charge is -2.10. The number of furan rings is 1. The minimum absolute atomic E-state index is 0.0899. The Hall–Kier alpha value is -3.87. The Labute approximate surface area is 170 Å². The summed E-state index contributed by atoms with van der Waals surface area (Å²) in [5, 5.41) is 1.78. The van der Waals surface area contributed by atoms with E-state index in [1.165, 1.54) is 37.5 Å². The van der Waals surface area contributed by atoms with Gasteiger partial charge in [0, 0.05) is 16.8 Å². The summed E-state index contributed by atoms with van der Waals surface area (Å²) in [6, 6.07) is 17.1. The van der Waals surface area contributed by atoms with Gasteiger partial charge in [0.05, 0.1) is 7.11 Å². The van der Waals surface area contributed by atoms with Crippen LogP contribution >= 0.6 is 0 Å². The number of halogens is 2. The van der Waals surface area contributed by atoms with Crippen molar-refractivity contribution in [3.05, 3.63) is 72.3 Å². The Kier molecular flexibility index (Phi) is 5.34. The average molecular weight is 410 g/mol. The Morgan fingerprint density at radius 1 is 0.967 bits per heavy atom. The van der Waals surface area contributed by atoms with E-state index in [9.17, 15) is 13.6 Å². The van der Waals surface area contributed by atoms with Gasteiger partial charge in [-0.1, -0.05) is 24.3 Å². The van der Waals surface area contributed by atoms with Crippen molar-refractivity contribution >= 4 is 34.0 Å². The largest absolute Gasteiger partial charge is 0.493 e. The molecule has 0 aliphatic carbocycles. The highest BCUT2D eigenvalue weighted by molar-refractivity contribution is 6.05. The van der Waals surface area contributed by atoms with E-state index < -0.39 is 12.6 Å². The number of carbonyl (C=O) groups is 1. The number of ether oxygens (including phenoxy) is 3. The van der Waals surface area contributed by atoms with E-state index >= 15 is 0 Å². The fraction of sp³-hybridized carbons (Fsp3) is 0.0870. The zero-order valence-electron chi connectivity index (χ0n) is 15.8. The molecule has 0 saturated carbocycles. The maximum atomic E-state index is 12.4. The summed E-state index contributed by atoms with van der Waals surface area (Å²) in [7, 11) is 1.34. The molecular weight excluding hydrogens is 394 g/mol. The van der Waals surface area contributed by atoms with Crippen LogP contribution in [-0.2, 0) is 4.79 Å². The SMILES string of the molecule is COc1cc(C=CC(=O)Oc2ccc3oc4ccccc4c3c2)ccc1OC(F)F. The second-order valence-corrected chi connectivity index (χ2v) is 6.30. The van der Waals surface area contributed by atoms with Gasteiger partial charge in [-0.2, -0.15) is 8.78 Å². The molecule has 3 aromatic carbocycles. The summed E-state index contributed by atoms with van der Waals surface area (Å²) in [5.74, 6) is -0.174. The minimum atomic E-state index is -2.96. The summed E-state index contributed by atoms with van der Waals surface area (Å²) in [4.78, 5) is 12.2. The lowest BCUT2D eigenvalue weighted by molar-refractivity contribution is -0.128. The molecule has 0 saturated heterocycles. The fourth-order valence-corrected chi connectivity index (χ4v) is 3.06. The molecule has 4 aromatic rings. The maximum Gasteiger partial charge on any atom is 0.387 e. The summed E-state index contributed by atoms with van der Waals surface area (Å²) >= 11 is 0. The zero-order valence-corrected chi connectivity index (χ0v) is 15.8. The second kappa shape index (κ2) is 8.24. The topological polar surface area (TPSA) is 57.9 Å². The van der Waals surface area contributed by atoms with E-state index in [0.717, 1.165) is 16.4 Å². The van der Waals surface area contributed by atoms with Crippen LogP contribution < -0.4 is 14.2 Å². The summed E-state index contributed by atoms with van der Waals surface area (Å²) < 4.78 is 45.3. The highest BCUT2D eigenvalue weighted by atomic mass is 19.3. The lowest BCUT2D eigenvalue weighted by Crippen LogP contribution is -2.04. The third-order valence-corrected chi connectivity index (χ3v) is 4.38. The Balaban J connectivity index is 1.50. The van der Waals surface area contributed by atoms with Crippen LogP contribution in [0.25, 0.3) is 28.0 Å². The zero-order chi connectivity index (χ0) is 21.1. The van der Waals surface area contributed by atoms with Gasteiger partial charge in [0.25, 0.3) is 0 Å². The maximum absolute atomic E-state index is 12.4. The van der Waals surface area contributed by atoms with Gasteiger partial charge in [-0.25, -0.2) is 4.79 Å². The van der Waals surface area contributed by atoms with Gasteiger partial charge in [-0.15, -0.1) is 0 Å². The number of fused-ring (bicyclic) bond motifs is 3. The summed E-state index contributed by atoms with van der Waals surface area (Å²) in [6.45, 7) is -2.96. The molecule has 7 heteroatoms. The number of hydrogen-bond donors (Lipinski definition) is 0. The van der Waals surface area contributed by atoms with Crippen molar-refractivity contribution in [2.75, 3.05) is 7.11 Å². The molecule has 0 aliphatic rings. The van der Waals surface area contributed by atoms with Crippen molar-refractivity contribution in [2.24, 2.45) is 0 Å². The predicted octanol–water partition coefficient (Wildman–Crippen LogP) is 5.81. The molecule has 0 radical (unpaired) electrons. The van der Waals surface area contributed by atoms with Crippen LogP contribution in [-0.4, -0.2) is 19.7 Å². The summed E-state index contributed by atoms with van der Waals surface area (Å²) in [5.41, 5.74) is 2.01. The van der Waals surface area contributed by atoms with E-state index in [0.29, 0.717) is 16.9 Å². The number of para-hydroxylation sites is 1. The van der Waals surface area contributed by atoms with Crippen LogP contribution in [0.1, 0.15) is 5.56 Å². The molecule has 0 spiro atoms. The van der Waals surface area contributed by atoms with Crippen LogP contribution in [0, 0.1) is 0 Å². The predicted molar refractivity (Wildman–Crippen MR) is 108 cm³/mol. The van der Waals surface area contributed by atoms with Crippen molar-refractivity contribution in [3.8, 4) is 17.2 Å². The van der Waals surface area contributed by atoms with Gasteiger partial charge in [0.2, 0.25) is 0 Å². The molecule has 0 bridgehead atoms. The second-order valence-electron chi connectivity index (χ2n) is 6.30. The van der Waals surface area contributed by atoms with E-state index in [2.05, 4.69) is 4.74 Å². The standard InChI is InChI=1S/C23H16F2O5/c1-27-21-12-14(6-9-20(21)30-23(24)25)7-11-22(26)28-15-8-10-19-17(13-15)16-4-2-3-5-18(16)29-19/h2-13,23H,1H3. The van der Waals surface area contributed by atoms with Gasteiger partial charge >= 0.3 is 12.6 Å². The van der Waals surface area contributed by atoms with Crippen LogP contribution in [0.3, 0.4) is 0 Å². The first-order valence-corrected chi connectivity index (χ1v) is 8.97. The number of benzene rings is 3. The van der Waals surface area contributed by atoms with Gasteiger partial charge in [0.15, 0.2) is 11.5 Å². The minimum Gasteiger partial charge on any atom is -0.493 e. The van der Waals surface area contributed by atoms with Crippen molar-refractivity contribution in [1.29, 1.82) is 0 Å². The fourth-order valence-electron chi connectivity index (χ4n) is 3.06. The number of carbonyl (C=O) groups excluding carboxylic acids is 1.